The molecule has 0 bridgehead atoms. The summed E-state index contributed by atoms with van der Waals surface area (Å²) in [6.07, 6.45) is 7.76. The third-order valence-corrected chi connectivity index (χ3v) is 7.83. The molecule has 0 aromatic carbocycles. The molecule has 1 fully saturated rings. The van der Waals surface area contributed by atoms with Crippen molar-refractivity contribution in [2.45, 2.75) is 31.1 Å². The van der Waals surface area contributed by atoms with Gasteiger partial charge in [-0.3, -0.25) is 9.36 Å². The molecular weight excluding hydrogens is 410 g/mol. The highest BCUT2D eigenvalue weighted by Crippen LogP contribution is 2.28. The predicted molar refractivity (Wildman–Crippen MR) is 111 cm³/mol. The zero-order valence-electron chi connectivity index (χ0n) is 15.9. The third-order valence-electron chi connectivity index (χ3n) is 4.85. The van der Waals surface area contributed by atoms with Crippen molar-refractivity contribution < 1.29 is 13.2 Å². The van der Waals surface area contributed by atoms with Crippen molar-refractivity contribution in [1.29, 1.82) is 0 Å². The van der Waals surface area contributed by atoms with Gasteiger partial charge in [0.1, 0.15) is 21.4 Å². The first-order valence-electron chi connectivity index (χ1n) is 9.32. The van der Waals surface area contributed by atoms with Crippen LogP contribution in [0.15, 0.2) is 47.1 Å². The summed E-state index contributed by atoms with van der Waals surface area (Å²) in [6, 6.07) is 5.00. The van der Waals surface area contributed by atoms with Gasteiger partial charge < -0.3 is 5.32 Å². The highest BCUT2D eigenvalue weighted by atomic mass is 32.2. The Hall–Kier alpha value is -2.56. The van der Waals surface area contributed by atoms with E-state index in [1.54, 1.807) is 36.1 Å². The van der Waals surface area contributed by atoms with Gasteiger partial charge in [-0.2, -0.15) is 4.31 Å². The van der Waals surface area contributed by atoms with Gasteiger partial charge in [0.15, 0.2) is 0 Å². The van der Waals surface area contributed by atoms with Gasteiger partial charge in [0.2, 0.25) is 10.0 Å². The van der Waals surface area contributed by atoms with Crippen LogP contribution in [0.4, 0.5) is 5.69 Å². The van der Waals surface area contributed by atoms with Crippen molar-refractivity contribution in [3.8, 4) is 5.82 Å². The standard InChI is InChI=1S/C19H21N5O3S2/c1-14-20-8-11-24(14)17-6-5-15(13-21-17)22-19(25)18-16(7-12-28-18)29(26,27)23-9-3-2-4-10-23/h5-8,11-13H,2-4,9-10H2,1H3,(H,22,25). The van der Waals surface area contributed by atoms with E-state index < -0.39 is 15.9 Å². The van der Waals surface area contributed by atoms with E-state index in [2.05, 4.69) is 15.3 Å². The number of aryl methyl sites for hydroxylation is 1. The Kier molecular flexibility index (Phi) is 5.48. The van der Waals surface area contributed by atoms with Crippen LogP contribution in [0, 0.1) is 6.92 Å². The SMILES string of the molecule is Cc1nccn1-c1ccc(NC(=O)c2sccc2S(=O)(=O)N2CCCCC2)cn1. The smallest absolute Gasteiger partial charge is 0.267 e. The van der Waals surface area contributed by atoms with E-state index in [0.29, 0.717) is 24.6 Å². The first-order valence-corrected chi connectivity index (χ1v) is 11.6. The number of pyridine rings is 1. The highest BCUT2D eigenvalue weighted by molar-refractivity contribution is 7.89. The molecule has 1 aliphatic heterocycles. The summed E-state index contributed by atoms with van der Waals surface area (Å²) in [6.45, 7) is 2.87. The quantitative estimate of drug-likeness (QED) is 0.670. The number of anilines is 1. The fraction of sp³-hybridized carbons (Fsp3) is 0.316. The zero-order chi connectivity index (χ0) is 20.4. The molecule has 0 spiro atoms. The van der Waals surface area contributed by atoms with E-state index in [-0.39, 0.29) is 9.77 Å². The maximum absolute atomic E-state index is 13.0. The molecule has 3 aromatic rings. The topological polar surface area (TPSA) is 97.2 Å². The average Bonchev–Trinajstić information content (AvgIpc) is 3.39. The first-order chi connectivity index (χ1) is 14.0. The van der Waals surface area contributed by atoms with E-state index in [1.807, 2.05) is 11.5 Å². The van der Waals surface area contributed by atoms with Crippen molar-refractivity contribution >= 4 is 33.0 Å². The average molecular weight is 432 g/mol. The summed E-state index contributed by atoms with van der Waals surface area (Å²) < 4.78 is 29.2. The zero-order valence-corrected chi connectivity index (χ0v) is 17.5. The largest absolute Gasteiger partial charge is 0.320 e. The molecule has 3 aromatic heterocycles. The molecule has 152 valence electrons. The second kappa shape index (κ2) is 8.05. The van der Waals surface area contributed by atoms with E-state index in [1.165, 1.54) is 10.4 Å². The number of piperidine rings is 1. The molecule has 0 aliphatic carbocycles. The number of sulfonamides is 1. The first kappa shape index (κ1) is 19.7. The van der Waals surface area contributed by atoms with Crippen LogP contribution in [0.5, 0.6) is 0 Å². The lowest BCUT2D eigenvalue weighted by Crippen LogP contribution is -2.36. The summed E-state index contributed by atoms with van der Waals surface area (Å²) in [5.41, 5.74) is 0.492. The Morgan fingerprint density at radius 3 is 2.59 bits per heavy atom. The van der Waals surface area contributed by atoms with Crippen LogP contribution in [0.2, 0.25) is 0 Å². The molecule has 4 rings (SSSR count). The van der Waals surface area contributed by atoms with Gasteiger partial charge in [-0.15, -0.1) is 11.3 Å². The molecule has 1 amide bonds. The Morgan fingerprint density at radius 1 is 1.14 bits per heavy atom. The number of carbonyl (C=O) groups is 1. The molecule has 0 saturated carbocycles. The van der Waals surface area contributed by atoms with Gasteiger partial charge in [-0.25, -0.2) is 18.4 Å². The minimum atomic E-state index is -3.67. The maximum Gasteiger partial charge on any atom is 0.267 e. The molecule has 0 atom stereocenters. The molecule has 29 heavy (non-hydrogen) atoms. The van der Waals surface area contributed by atoms with Crippen LogP contribution in [0.1, 0.15) is 34.8 Å². The van der Waals surface area contributed by atoms with Crippen LogP contribution in [-0.4, -0.2) is 46.3 Å². The van der Waals surface area contributed by atoms with Gasteiger partial charge in [-0.1, -0.05) is 6.42 Å². The van der Waals surface area contributed by atoms with E-state index in [9.17, 15) is 13.2 Å². The van der Waals surface area contributed by atoms with Crippen LogP contribution in [-0.2, 0) is 10.0 Å². The number of hydrogen-bond acceptors (Lipinski definition) is 6. The number of carbonyl (C=O) groups excluding carboxylic acids is 1. The minimum absolute atomic E-state index is 0.0699. The molecule has 0 unspecified atom stereocenters. The lowest BCUT2D eigenvalue weighted by Gasteiger charge is -2.25. The number of hydrogen-bond donors (Lipinski definition) is 1. The molecule has 8 nitrogen and oxygen atoms in total. The number of aromatic nitrogens is 3. The molecule has 1 saturated heterocycles. The van der Waals surface area contributed by atoms with Gasteiger partial charge in [0.25, 0.3) is 5.91 Å². The maximum atomic E-state index is 13.0. The van der Waals surface area contributed by atoms with Gasteiger partial charge in [0, 0.05) is 25.5 Å². The monoisotopic (exact) mass is 431 g/mol. The fourth-order valence-corrected chi connectivity index (χ4v) is 6.13. The predicted octanol–water partition coefficient (Wildman–Crippen LogP) is 3.06. The number of nitrogens with one attached hydrogen (secondary N) is 1. The van der Waals surface area contributed by atoms with E-state index in [0.717, 1.165) is 36.4 Å². The lowest BCUT2D eigenvalue weighted by molar-refractivity contribution is 0.102. The Morgan fingerprint density at radius 2 is 1.93 bits per heavy atom. The molecular formula is C19H21N5O3S2. The van der Waals surface area contributed by atoms with Crippen molar-refractivity contribution in [3.05, 3.63) is 52.9 Å². The van der Waals surface area contributed by atoms with Gasteiger partial charge in [-0.05, 0) is 43.3 Å². The highest BCUT2D eigenvalue weighted by Gasteiger charge is 2.31. The van der Waals surface area contributed by atoms with Crippen molar-refractivity contribution in [3.63, 3.8) is 0 Å². The van der Waals surface area contributed by atoms with E-state index >= 15 is 0 Å². The Labute approximate surface area is 173 Å². The Bertz CT molecular complexity index is 1110. The summed E-state index contributed by atoms with van der Waals surface area (Å²) in [5.74, 6) is 1.03. The minimum Gasteiger partial charge on any atom is -0.320 e. The van der Waals surface area contributed by atoms with E-state index in [4.69, 9.17) is 0 Å². The second-order valence-corrected chi connectivity index (χ2v) is 9.60. The molecule has 4 heterocycles. The molecule has 1 aliphatic rings. The Balaban J connectivity index is 1.53. The lowest BCUT2D eigenvalue weighted by atomic mass is 10.2. The second-order valence-electron chi connectivity index (χ2n) is 6.78. The van der Waals surface area contributed by atoms with Crippen molar-refractivity contribution in [2.24, 2.45) is 0 Å². The van der Waals surface area contributed by atoms with Gasteiger partial charge in [0.05, 0.1) is 11.9 Å². The van der Waals surface area contributed by atoms with Crippen LogP contribution in [0.25, 0.3) is 5.82 Å². The summed E-state index contributed by atoms with van der Waals surface area (Å²) in [7, 11) is -3.67. The fourth-order valence-electron chi connectivity index (χ4n) is 3.32. The summed E-state index contributed by atoms with van der Waals surface area (Å²) in [5, 5.41) is 4.38. The third kappa shape index (κ3) is 3.96. The van der Waals surface area contributed by atoms with Gasteiger partial charge >= 0.3 is 0 Å². The van der Waals surface area contributed by atoms with Crippen LogP contribution in [0.3, 0.4) is 0 Å². The number of rotatable bonds is 5. The van der Waals surface area contributed by atoms with Crippen LogP contribution < -0.4 is 5.32 Å². The number of imidazole rings is 1. The summed E-state index contributed by atoms with van der Waals surface area (Å²) >= 11 is 1.12. The van der Waals surface area contributed by atoms with Crippen LogP contribution >= 0.6 is 11.3 Å². The number of nitrogens with zero attached hydrogens (tertiary/aromatic N) is 4. The number of thiophene rings is 1. The molecule has 10 heteroatoms. The molecule has 1 N–H and O–H groups in total. The summed E-state index contributed by atoms with van der Waals surface area (Å²) in [4.78, 5) is 21.5. The molecule has 0 radical (unpaired) electrons. The van der Waals surface area contributed by atoms with Crippen molar-refractivity contribution in [2.75, 3.05) is 18.4 Å². The van der Waals surface area contributed by atoms with Crippen molar-refractivity contribution in [1.82, 2.24) is 18.8 Å². The number of amides is 1. The normalized spacial score (nSPS) is 15.3.